The van der Waals surface area contributed by atoms with Gasteiger partial charge in [0.25, 0.3) is 5.89 Å². The Morgan fingerprint density at radius 1 is 1.24 bits per heavy atom. The van der Waals surface area contributed by atoms with Gasteiger partial charge < -0.3 is 15.0 Å². The summed E-state index contributed by atoms with van der Waals surface area (Å²) in [5.74, 6) is 2.82. The molecule has 0 radical (unpaired) electrons. The van der Waals surface area contributed by atoms with Crippen molar-refractivity contribution in [3.8, 4) is 5.75 Å². The number of anilines is 1. The molecule has 5 nitrogen and oxygen atoms in total. The summed E-state index contributed by atoms with van der Waals surface area (Å²) in [5, 5.41) is 4.76. The molecule has 6 heteroatoms. The summed E-state index contributed by atoms with van der Waals surface area (Å²) < 4.78 is 10.8. The summed E-state index contributed by atoms with van der Waals surface area (Å²) >= 11 is 1.93. The van der Waals surface area contributed by atoms with E-state index in [0.717, 1.165) is 22.6 Å². The SMILES string of the molecule is Nc1ccc(OCc2nc(CSC3CCCC3)no2)cc1. The van der Waals surface area contributed by atoms with Crippen LogP contribution < -0.4 is 10.5 Å². The summed E-state index contributed by atoms with van der Waals surface area (Å²) in [6.45, 7) is 0.283. The highest BCUT2D eigenvalue weighted by atomic mass is 32.2. The molecular weight excluding hydrogens is 286 g/mol. The Hall–Kier alpha value is -1.69. The van der Waals surface area contributed by atoms with Crippen molar-refractivity contribution in [2.24, 2.45) is 0 Å². The highest BCUT2D eigenvalue weighted by molar-refractivity contribution is 7.99. The Balaban J connectivity index is 1.46. The summed E-state index contributed by atoms with van der Waals surface area (Å²) in [6.07, 6.45) is 5.33. The predicted octanol–water partition coefficient (Wildman–Crippen LogP) is 3.41. The molecule has 21 heavy (non-hydrogen) atoms. The summed E-state index contributed by atoms with van der Waals surface area (Å²) in [4.78, 5) is 4.36. The van der Waals surface area contributed by atoms with Gasteiger partial charge in [-0.1, -0.05) is 18.0 Å². The number of hydrogen-bond donors (Lipinski definition) is 1. The van der Waals surface area contributed by atoms with Crippen LogP contribution in [0.3, 0.4) is 0 Å². The number of nitrogens with zero attached hydrogens (tertiary/aromatic N) is 2. The van der Waals surface area contributed by atoms with Crippen LogP contribution in [0, 0.1) is 0 Å². The van der Waals surface area contributed by atoms with Crippen LogP contribution in [0.5, 0.6) is 5.75 Å². The van der Waals surface area contributed by atoms with Crippen molar-refractivity contribution < 1.29 is 9.26 Å². The van der Waals surface area contributed by atoms with Crippen LogP contribution in [0.2, 0.25) is 0 Å². The minimum atomic E-state index is 0.283. The normalized spacial score (nSPS) is 15.4. The van der Waals surface area contributed by atoms with E-state index in [0.29, 0.717) is 11.6 Å². The minimum Gasteiger partial charge on any atom is -0.484 e. The lowest BCUT2D eigenvalue weighted by atomic mass is 10.3. The average molecular weight is 305 g/mol. The molecule has 0 amide bonds. The highest BCUT2D eigenvalue weighted by Gasteiger charge is 2.16. The van der Waals surface area contributed by atoms with Gasteiger partial charge in [0.2, 0.25) is 0 Å². The van der Waals surface area contributed by atoms with Gasteiger partial charge in [0, 0.05) is 10.9 Å². The van der Waals surface area contributed by atoms with Crippen LogP contribution >= 0.6 is 11.8 Å². The molecule has 0 spiro atoms. The monoisotopic (exact) mass is 305 g/mol. The molecule has 0 aliphatic heterocycles. The molecule has 1 aliphatic rings. The number of thioether (sulfide) groups is 1. The zero-order valence-electron chi connectivity index (χ0n) is 11.8. The highest BCUT2D eigenvalue weighted by Crippen LogP contribution is 2.31. The topological polar surface area (TPSA) is 74.2 Å². The summed E-state index contributed by atoms with van der Waals surface area (Å²) in [7, 11) is 0. The fourth-order valence-corrected chi connectivity index (χ4v) is 3.53. The molecule has 3 rings (SSSR count). The van der Waals surface area contributed by atoms with Crippen LogP contribution in [0.1, 0.15) is 37.4 Å². The molecule has 1 heterocycles. The first-order valence-corrected chi connectivity index (χ1v) is 8.26. The van der Waals surface area contributed by atoms with E-state index in [1.807, 2.05) is 23.9 Å². The van der Waals surface area contributed by atoms with Gasteiger partial charge in [0.15, 0.2) is 12.4 Å². The average Bonchev–Trinajstić information content (AvgIpc) is 3.16. The largest absolute Gasteiger partial charge is 0.484 e. The number of hydrogen-bond acceptors (Lipinski definition) is 6. The van der Waals surface area contributed by atoms with Crippen LogP contribution in [0.15, 0.2) is 28.8 Å². The van der Waals surface area contributed by atoms with E-state index < -0.39 is 0 Å². The second-order valence-corrected chi connectivity index (χ2v) is 6.47. The summed E-state index contributed by atoms with van der Waals surface area (Å²) in [5.41, 5.74) is 6.34. The zero-order valence-corrected chi connectivity index (χ0v) is 12.6. The van der Waals surface area contributed by atoms with E-state index in [9.17, 15) is 0 Å². The molecule has 2 aromatic rings. The Bertz CT molecular complexity index is 565. The van der Waals surface area contributed by atoms with Gasteiger partial charge in [0.1, 0.15) is 5.75 Å². The minimum absolute atomic E-state index is 0.283. The first-order chi connectivity index (χ1) is 10.3. The number of nitrogen functional groups attached to an aromatic ring is 1. The third-order valence-corrected chi connectivity index (χ3v) is 4.87. The van der Waals surface area contributed by atoms with Crippen molar-refractivity contribution in [3.05, 3.63) is 36.0 Å². The van der Waals surface area contributed by atoms with E-state index in [2.05, 4.69) is 10.1 Å². The first kappa shape index (κ1) is 14.3. The fraction of sp³-hybridized carbons (Fsp3) is 0.467. The van der Waals surface area contributed by atoms with E-state index in [1.165, 1.54) is 25.7 Å². The zero-order chi connectivity index (χ0) is 14.5. The fourth-order valence-electron chi connectivity index (χ4n) is 2.36. The number of benzene rings is 1. The van der Waals surface area contributed by atoms with Crippen LogP contribution in [0.25, 0.3) is 0 Å². The second kappa shape index (κ2) is 6.85. The Morgan fingerprint density at radius 3 is 2.76 bits per heavy atom. The first-order valence-electron chi connectivity index (χ1n) is 7.21. The van der Waals surface area contributed by atoms with Gasteiger partial charge in [-0.2, -0.15) is 16.7 Å². The quantitative estimate of drug-likeness (QED) is 0.824. The molecule has 1 saturated carbocycles. The number of aromatic nitrogens is 2. The second-order valence-electron chi connectivity index (χ2n) is 5.18. The molecule has 1 aromatic heterocycles. The third-order valence-electron chi connectivity index (χ3n) is 3.50. The maximum atomic E-state index is 5.62. The van der Waals surface area contributed by atoms with Gasteiger partial charge in [-0.15, -0.1) is 0 Å². The van der Waals surface area contributed by atoms with Crippen LogP contribution in [0.4, 0.5) is 5.69 Å². The molecule has 0 unspecified atom stereocenters. The standard InChI is InChI=1S/C15H19N3O2S/c16-11-5-7-12(8-6-11)19-9-15-17-14(18-20-15)10-21-13-3-1-2-4-13/h5-8,13H,1-4,9-10,16H2. The molecule has 112 valence electrons. The molecule has 0 saturated heterocycles. The molecule has 0 bridgehead atoms. The van der Waals surface area contributed by atoms with Gasteiger partial charge >= 0.3 is 0 Å². The Kier molecular flexibility index (Phi) is 4.65. The van der Waals surface area contributed by atoms with E-state index >= 15 is 0 Å². The van der Waals surface area contributed by atoms with Crippen molar-refractivity contribution in [2.75, 3.05) is 5.73 Å². The molecular formula is C15H19N3O2S. The number of nitrogens with two attached hydrogens (primary N) is 1. The molecule has 2 N–H and O–H groups in total. The van der Waals surface area contributed by atoms with Gasteiger partial charge in [-0.3, -0.25) is 0 Å². The third kappa shape index (κ3) is 4.14. The predicted molar refractivity (Wildman–Crippen MR) is 83.0 cm³/mol. The van der Waals surface area contributed by atoms with E-state index in [-0.39, 0.29) is 6.61 Å². The van der Waals surface area contributed by atoms with Crippen molar-refractivity contribution in [1.82, 2.24) is 10.1 Å². The Morgan fingerprint density at radius 2 is 2.00 bits per heavy atom. The van der Waals surface area contributed by atoms with Crippen molar-refractivity contribution in [1.29, 1.82) is 0 Å². The number of rotatable bonds is 6. The van der Waals surface area contributed by atoms with Crippen molar-refractivity contribution in [2.45, 2.75) is 43.3 Å². The molecule has 0 atom stereocenters. The van der Waals surface area contributed by atoms with Crippen LogP contribution in [-0.4, -0.2) is 15.4 Å². The van der Waals surface area contributed by atoms with Crippen molar-refractivity contribution in [3.63, 3.8) is 0 Å². The molecule has 1 aromatic carbocycles. The van der Waals surface area contributed by atoms with E-state index in [4.69, 9.17) is 15.0 Å². The summed E-state index contributed by atoms with van der Waals surface area (Å²) in [6, 6.07) is 7.24. The maximum Gasteiger partial charge on any atom is 0.264 e. The lowest BCUT2D eigenvalue weighted by Gasteiger charge is -2.05. The lowest BCUT2D eigenvalue weighted by molar-refractivity contribution is 0.242. The van der Waals surface area contributed by atoms with Gasteiger partial charge in [0.05, 0.1) is 5.75 Å². The van der Waals surface area contributed by atoms with Crippen LogP contribution in [-0.2, 0) is 12.4 Å². The van der Waals surface area contributed by atoms with Gasteiger partial charge in [-0.25, -0.2) is 0 Å². The van der Waals surface area contributed by atoms with E-state index in [1.54, 1.807) is 12.1 Å². The number of ether oxygens (including phenoxy) is 1. The smallest absolute Gasteiger partial charge is 0.264 e. The maximum absolute atomic E-state index is 5.62. The molecule has 1 aliphatic carbocycles. The van der Waals surface area contributed by atoms with Crippen molar-refractivity contribution >= 4 is 17.4 Å². The Labute approximate surface area is 128 Å². The lowest BCUT2D eigenvalue weighted by Crippen LogP contribution is -1.98. The molecule has 1 fully saturated rings. The van der Waals surface area contributed by atoms with Gasteiger partial charge in [-0.05, 0) is 37.1 Å².